The van der Waals surface area contributed by atoms with E-state index in [0.717, 1.165) is 17.7 Å². The number of nitrogens with zero attached hydrogens (tertiary/aromatic N) is 1. The van der Waals surface area contributed by atoms with Gasteiger partial charge in [-0.3, -0.25) is 4.90 Å². The second kappa shape index (κ2) is 7.80. The Balaban J connectivity index is 2.73. The van der Waals surface area contributed by atoms with Crippen molar-refractivity contribution >= 4 is 0 Å². The topological polar surface area (TPSA) is 15.3 Å². The van der Waals surface area contributed by atoms with Crippen LogP contribution in [-0.4, -0.2) is 29.7 Å². The van der Waals surface area contributed by atoms with E-state index in [0.29, 0.717) is 12.6 Å². The predicted molar refractivity (Wildman–Crippen MR) is 80.0 cm³/mol. The Labute approximate surface area is 125 Å². The summed E-state index contributed by atoms with van der Waals surface area (Å²) in [5, 5.41) is 3.31. The lowest BCUT2D eigenvalue weighted by Crippen LogP contribution is -2.38. The average Bonchev–Trinajstić information content (AvgIpc) is 2.34. The summed E-state index contributed by atoms with van der Waals surface area (Å²) in [4.78, 5) is 1.44. The van der Waals surface area contributed by atoms with Gasteiger partial charge in [-0.1, -0.05) is 38.1 Å². The summed E-state index contributed by atoms with van der Waals surface area (Å²) in [6.07, 6.45) is -4.17. The first-order valence-corrected chi connectivity index (χ1v) is 7.29. The Bertz CT molecular complexity index is 428. The molecular formula is C16H25F3N2. The van der Waals surface area contributed by atoms with Crippen molar-refractivity contribution in [3.05, 3.63) is 35.4 Å². The molecule has 120 valence electrons. The molecule has 0 aliphatic carbocycles. The van der Waals surface area contributed by atoms with Gasteiger partial charge in [0.05, 0.1) is 6.54 Å². The number of rotatable bonds is 7. The highest BCUT2D eigenvalue weighted by atomic mass is 19.4. The molecule has 0 aromatic heterocycles. The lowest BCUT2D eigenvalue weighted by atomic mass is 10.1. The van der Waals surface area contributed by atoms with Crippen LogP contribution in [0.4, 0.5) is 13.2 Å². The van der Waals surface area contributed by atoms with E-state index in [1.165, 1.54) is 4.90 Å². The van der Waals surface area contributed by atoms with Crippen molar-refractivity contribution in [1.29, 1.82) is 0 Å². The van der Waals surface area contributed by atoms with Gasteiger partial charge in [-0.2, -0.15) is 13.2 Å². The SMILES string of the molecule is CC(C)NCc1cccc(CN(CC(F)(F)F)C(C)C)c1. The normalized spacial score (nSPS) is 12.7. The minimum absolute atomic E-state index is 0.149. The van der Waals surface area contributed by atoms with Gasteiger partial charge in [-0.15, -0.1) is 0 Å². The van der Waals surface area contributed by atoms with Gasteiger partial charge >= 0.3 is 6.18 Å². The minimum atomic E-state index is -4.17. The first-order chi connectivity index (χ1) is 9.67. The molecule has 1 rings (SSSR count). The molecule has 0 fully saturated rings. The minimum Gasteiger partial charge on any atom is -0.310 e. The average molecular weight is 302 g/mol. The molecule has 0 atom stereocenters. The molecule has 0 spiro atoms. The fraction of sp³-hybridized carbons (Fsp3) is 0.625. The van der Waals surface area contributed by atoms with Gasteiger partial charge in [0.25, 0.3) is 0 Å². The van der Waals surface area contributed by atoms with Crippen molar-refractivity contribution in [3.8, 4) is 0 Å². The smallest absolute Gasteiger partial charge is 0.310 e. The van der Waals surface area contributed by atoms with Crippen LogP contribution in [0.3, 0.4) is 0 Å². The molecule has 0 heterocycles. The molecule has 0 amide bonds. The third-order valence-corrected chi connectivity index (χ3v) is 3.20. The summed E-state index contributed by atoms with van der Waals surface area (Å²) in [5.41, 5.74) is 2.01. The van der Waals surface area contributed by atoms with Crippen molar-refractivity contribution in [1.82, 2.24) is 10.2 Å². The quantitative estimate of drug-likeness (QED) is 0.820. The molecule has 5 heteroatoms. The van der Waals surface area contributed by atoms with Crippen LogP contribution in [0.15, 0.2) is 24.3 Å². The van der Waals surface area contributed by atoms with Crippen LogP contribution in [0.25, 0.3) is 0 Å². The Morgan fingerprint density at radius 3 is 2.24 bits per heavy atom. The third-order valence-electron chi connectivity index (χ3n) is 3.20. The zero-order valence-corrected chi connectivity index (χ0v) is 13.2. The van der Waals surface area contributed by atoms with Crippen LogP contribution in [-0.2, 0) is 13.1 Å². The summed E-state index contributed by atoms with van der Waals surface area (Å²) >= 11 is 0. The largest absolute Gasteiger partial charge is 0.401 e. The molecule has 0 aliphatic rings. The van der Waals surface area contributed by atoms with Crippen LogP contribution >= 0.6 is 0 Å². The number of nitrogens with one attached hydrogen (secondary N) is 1. The van der Waals surface area contributed by atoms with E-state index in [2.05, 4.69) is 19.2 Å². The van der Waals surface area contributed by atoms with Gasteiger partial charge in [0.1, 0.15) is 0 Å². The molecular weight excluding hydrogens is 277 g/mol. The van der Waals surface area contributed by atoms with Gasteiger partial charge in [0.15, 0.2) is 0 Å². The second-order valence-electron chi connectivity index (χ2n) is 5.97. The maximum absolute atomic E-state index is 12.6. The summed E-state index contributed by atoms with van der Waals surface area (Å²) < 4.78 is 37.8. The highest BCUT2D eigenvalue weighted by molar-refractivity contribution is 5.23. The van der Waals surface area contributed by atoms with E-state index in [-0.39, 0.29) is 6.04 Å². The summed E-state index contributed by atoms with van der Waals surface area (Å²) in [7, 11) is 0. The number of hydrogen-bond donors (Lipinski definition) is 1. The molecule has 0 saturated heterocycles. The third kappa shape index (κ3) is 7.48. The van der Waals surface area contributed by atoms with Crippen molar-refractivity contribution in [3.63, 3.8) is 0 Å². The zero-order chi connectivity index (χ0) is 16.0. The Morgan fingerprint density at radius 1 is 1.10 bits per heavy atom. The maximum atomic E-state index is 12.6. The van der Waals surface area contributed by atoms with Crippen LogP contribution < -0.4 is 5.32 Å². The van der Waals surface area contributed by atoms with E-state index < -0.39 is 12.7 Å². The number of hydrogen-bond acceptors (Lipinski definition) is 2. The number of benzene rings is 1. The number of alkyl halides is 3. The van der Waals surface area contributed by atoms with Gasteiger partial charge in [0.2, 0.25) is 0 Å². The molecule has 0 bridgehead atoms. The van der Waals surface area contributed by atoms with Crippen molar-refractivity contribution < 1.29 is 13.2 Å². The number of halogens is 3. The van der Waals surface area contributed by atoms with Crippen LogP contribution in [0, 0.1) is 0 Å². The van der Waals surface area contributed by atoms with Crippen molar-refractivity contribution in [2.45, 2.75) is 59.0 Å². The van der Waals surface area contributed by atoms with E-state index in [4.69, 9.17) is 0 Å². The fourth-order valence-electron chi connectivity index (χ4n) is 2.05. The van der Waals surface area contributed by atoms with Crippen molar-refractivity contribution in [2.24, 2.45) is 0 Å². The predicted octanol–water partition coefficient (Wildman–Crippen LogP) is 3.96. The molecule has 1 aromatic rings. The zero-order valence-electron chi connectivity index (χ0n) is 13.2. The molecule has 1 aromatic carbocycles. The molecule has 2 nitrogen and oxygen atoms in total. The lowest BCUT2D eigenvalue weighted by Gasteiger charge is -2.27. The molecule has 0 aliphatic heterocycles. The first kappa shape index (κ1) is 18.0. The van der Waals surface area contributed by atoms with Gasteiger partial charge in [0, 0.05) is 25.2 Å². The monoisotopic (exact) mass is 302 g/mol. The lowest BCUT2D eigenvalue weighted by molar-refractivity contribution is -0.150. The Morgan fingerprint density at radius 2 is 1.71 bits per heavy atom. The van der Waals surface area contributed by atoms with Crippen LogP contribution in [0.1, 0.15) is 38.8 Å². The first-order valence-electron chi connectivity index (χ1n) is 7.29. The maximum Gasteiger partial charge on any atom is 0.401 e. The van der Waals surface area contributed by atoms with E-state index in [1.807, 2.05) is 24.3 Å². The Hall–Kier alpha value is -1.07. The summed E-state index contributed by atoms with van der Waals surface area (Å²) in [5.74, 6) is 0. The summed E-state index contributed by atoms with van der Waals surface area (Å²) in [6.45, 7) is 7.87. The highest BCUT2D eigenvalue weighted by Gasteiger charge is 2.31. The molecule has 0 unspecified atom stereocenters. The van der Waals surface area contributed by atoms with Gasteiger partial charge < -0.3 is 5.32 Å². The molecule has 0 radical (unpaired) electrons. The van der Waals surface area contributed by atoms with Gasteiger partial charge in [-0.05, 0) is 25.0 Å². The van der Waals surface area contributed by atoms with E-state index in [9.17, 15) is 13.2 Å². The fourth-order valence-corrected chi connectivity index (χ4v) is 2.05. The van der Waals surface area contributed by atoms with Crippen LogP contribution in [0.5, 0.6) is 0 Å². The highest BCUT2D eigenvalue weighted by Crippen LogP contribution is 2.20. The molecule has 0 saturated carbocycles. The van der Waals surface area contributed by atoms with Crippen LogP contribution in [0.2, 0.25) is 0 Å². The standard InChI is InChI=1S/C16H25F3N2/c1-12(2)20-9-14-6-5-7-15(8-14)10-21(13(3)4)11-16(17,18)19/h5-8,12-13,20H,9-11H2,1-4H3. The van der Waals surface area contributed by atoms with Gasteiger partial charge in [-0.25, -0.2) is 0 Å². The summed E-state index contributed by atoms with van der Waals surface area (Å²) in [6, 6.07) is 7.97. The Kier molecular flexibility index (Phi) is 6.68. The van der Waals surface area contributed by atoms with E-state index >= 15 is 0 Å². The van der Waals surface area contributed by atoms with Crippen molar-refractivity contribution in [2.75, 3.05) is 6.54 Å². The molecule has 1 N–H and O–H groups in total. The van der Waals surface area contributed by atoms with E-state index in [1.54, 1.807) is 13.8 Å². The second-order valence-corrected chi connectivity index (χ2v) is 5.97. The molecule has 21 heavy (non-hydrogen) atoms.